The molecule has 51 heavy (non-hydrogen) atoms. The van der Waals surface area contributed by atoms with Crippen molar-refractivity contribution in [1.29, 1.82) is 0 Å². The Hall–Kier alpha value is -6.84. The van der Waals surface area contributed by atoms with Crippen LogP contribution in [0.3, 0.4) is 0 Å². The van der Waals surface area contributed by atoms with Gasteiger partial charge in [0.25, 0.3) is 0 Å². The van der Waals surface area contributed by atoms with Crippen molar-refractivity contribution in [2.24, 2.45) is 0 Å². The third-order valence-corrected chi connectivity index (χ3v) is 8.73. The molecule has 3 heterocycles. The molecule has 238 valence electrons. The molecule has 8 aromatic carbocycles. The average Bonchev–Trinajstić information content (AvgIpc) is 4.31. The highest BCUT2D eigenvalue weighted by molar-refractivity contribution is 6.16. The van der Waals surface area contributed by atoms with Crippen LogP contribution in [0.25, 0.3) is 93.6 Å². The zero-order valence-electron chi connectivity index (χ0n) is 52.7. The van der Waals surface area contributed by atoms with Gasteiger partial charge in [0.05, 0.1) is 81.5 Å². The minimum Gasteiger partial charge on any atom is -0.309 e. The lowest BCUT2D eigenvalue weighted by molar-refractivity contribution is 1.13. The van der Waals surface area contributed by atoms with E-state index in [9.17, 15) is 13.7 Å². The van der Waals surface area contributed by atoms with Gasteiger partial charge in [-0.3, -0.25) is 0 Å². The van der Waals surface area contributed by atoms with Crippen LogP contribution in [0.4, 0.5) is 0 Å². The molecule has 0 atom stereocenters. The van der Waals surface area contributed by atoms with Gasteiger partial charge in [0.2, 0.25) is 0 Å². The van der Waals surface area contributed by atoms with Gasteiger partial charge in [-0.1, -0.05) is 133 Å². The summed E-state index contributed by atoms with van der Waals surface area (Å²) in [6, 6.07) is -17.1. The summed E-state index contributed by atoms with van der Waals surface area (Å²) in [5.41, 5.74) is -5.60. The molecule has 0 aliphatic carbocycles. The van der Waals surface area contributed by atoms with Crippen molar-refractivity contribution in [3.63, 3.8) is 0 Å². The number of nitrogens with zero attached hydrogens (tertiary/aromatic N) is 3. The molecule has 0 fully saturated rings. The molecule has 3 aromatic heterocycles. The van der Waals surface area contributed by atoms with Gasteiger partial charge in [-0.2, -0.15) is 0 Å². The largest absolute Gasteiger partial charge is 0.309 e. The molecule has 11 aromatic rings. The van der Waals surface area contributed by atoms with Crippen LogP contribution in [0.5, 0.6) is 0 Å². The molecule has 0 N–H and O–H groups in total. The molecule has 0 aliphatic heterocycles. The molecule has 0 aliphatic rings. The van der Waals surface area contributed by atoms with E-state index in [1.807, 2.05) is 0 Å². The Morgan fingerprint density at radius 2 is 0.863 bits per heavy atom. The summed E-state index contributed by atoms with van der Waals surface area (Å²) in [7, 11) is 0. The maximum Gasteiger partial charge on any atom is 0.0782 e. The standard InChI is InChI=1S/C48H31N3/c1-2-15-32(16-3-1)34-17-4-9-23-41(34)51-45-27-13-7-20-37(45)39-22-14-28-47(48(39)51)50-44-26-12-8-21-38(44)40-31-33(29-30-46(40)50)49-42-24-10-5-18-35(42)36-19-6-11-25-43(36)49/h1-31H/i1D,2D,3D,5D,6D,7D,8D,10D,11D,12D,13D,14D,15D,16D,18D,19D,20D,21D,22D,24D,25D,26D,27D,28D,29D,30D,31D. The van der Waals surface area contributed by atoms with Crippen LogP contribution >= 0.6 is 0 Å². The third-order valence-electron chi connectivity index (χ3n) is 8.73. The molecule has 0 amide bonds. The summed E-state index contributed by atoms with van der Waals surface area (Å²) in [5, 5.41) is -3.02. The van der Waals surface area contributed by atoms with Crippen molar-refractivity contribution < 1.29 is 37.0 Å². The van der Waals surface area contributed by atoms with Crippen LogP contribution in [-0.4, -0.2) is 13.7 Å². The van der Waals surface area contributed by atoms with Crippen molar-refractivity contribution in [2.75, 3.05) is 0 Å². The van der Waals surface area contributed by atoms with Crippen LogP contribution in [0.1, 0.15) is 37.0 Å². The second-order valence-electron chi connectivity index (χ2n) is 11.3. The first-order valence-electron chi connectivity index (χ1n) is 28.8. The average molecular weight is 677 g/mol. The van der Waals surface area contributed by atoms with Crippen LogP contribution in [-0.2, 0) is 0 Å². The maximum absolute atomic E-state index is 10.1. The van der Waals surface area contributed by atoms with Gasteiger partial charge in [0, 0.05) is 43.6 Å². The highest BCUT2D eigenvalue weighted by Crippen LogP contribution is 2.42. The van der Waals surface area contributed by atoms with Crippen LogP contribution in [0, 0.1) is 0 Å². The van der Waals surface area contributed by atoms with Crippen LogP contribution in [0.2, 0.25) is 0 Å². The van der Waals surface area contributed by atoms with Crippen LogP contribution in [0.15, 0.2) is 187 Å². The molecular weight excluding hydrogens is 619 g/mol. The lowest BCUT2D eigenvalue weighted by Crippen LogP contribution is -2.02. The van der Waals surface area contributed by atoms with Gasteiger partial charge in [-0.15, -0.1) is 0 Å². The molecule has 3 nitrogen and oxygen atoms in total. The zero-order chi connectivity index (χ0) is 57.0. The number of aromatic nitrogens is 3. The van der Waals surface area contributed by atoms with E-state index >= 15 is 0 Å². The Labute approximate surface area is 332 Å². The van der Waals surface area contributed by atoms with E-state index in [4.69, 9.17) is 23.3 Å². The van der Waals surface area contributed by atoms with E-state index in [1.54, 1.807) is 0 Å². The SMILES string of the molecule is [2H]c1c([2H])c([2H])c(-c2ccccc2-n2c3c([2H])c([2H])c([2H])c([2H])c3c3c([2H])c([2H])c([2H])c(-n4c5c([2H])c([2H])c([2H])c([2H])c5c5c([2H])c(-n6c7c([2H])c([2H])c([2H])c([2H])c7c7c([2H])c([2H])c([2H])c([2H])c76)c([2H])c([2H])c54)c32)c([2H])c1[2H]. The summed E-state index contributed by atoms with van der Waals surface area (Å²) < 4.78 is 248. The van der Waals surface area contributed by atoms with Gasteiger partial charge in [-0.05, 0) is 60.0 Å². The Kier molecular flexibility index (Phi) is 2.65. The predicted molar refractivity (Wildman–Crippen MR) is 215 cm³/mol. The van der Waals surface area contributed by atoms with E-state index in [2.05, 4.69) is 0 Å². The molecule has 0 saturated carbocycles. The summed E-state index contributed by atoms with van der Waals surface area (Å²) in [5.74, 6) is 0. The lowest BCUT2D eigenvalue weighted by Gasteiger charge is -2.17. The Bertz CT molecular complexity index is 4600. The highest BCUT2D eigenvalue weighted by Gasteiger charge is 2.22. The molecular formula is C48H31N3. The topological polar surface area (TPSA) is 14.8 Å². The van der Waals surface area contributed by atoms with Crippen molar-refractivity contribution in [3.8, 4) is 28.2 Å². The molecule has 0 radical (unpaired) electrons. The minimum absolute atomic E-state index is 0.168. The van der Waals surface area contributed by atoms with Crippen molar-refractivity contribution >= 4 is 65.4 Å². The highest BCUT2D eigenvalue weighted by atomic mass is 15.1. The quantitative estimate of drug-likeness (QED) is 0.176. The Balaban J connectivity index is 1.45. The second-order valence-corrected chi connectivity index (χ2v) is 11.3. The summed E-state index contributed by atoms with van der Waals surface area (Å²) >= 11 is 0. The number of hydrogen-bond acceptors (Lipinski definition) is 0. The summed E-state index contributed by atoms with van der Waals surface area (Å²) in [6.45, 7) is 0. The fourth-order valence-electron chi connectivity index (χ4n) is 6.71. The smallest absolute Gasteiger partial charge is 0.0782 e. The summed E-state index contributed by atoms with van der Waals surface area (Å²) in [4.78, 5) is 0. The molecule has 0 spiro atoms. The first-order chi connectivity index (χ1) is 36.6. The van der Waals surface area contributed by atoms with Gasteiger partial charge >= 0.3 is 0 Å². The van der Waals surface area contributed by atoms with E-state index in [0.29, 0.717) is 0 Å². The first kappa shape index (κ1) is 12.5. The van der Waals surface area contributed by atoms with Gasteiger partial charge in [0.1, 0.15) is 0 Å². The minimum atomic E-state index is -1.01. The number of fused-ring (bicyclic) bond motifs is 9. The zero-order valence-corrected chi connectivity index (χ0v) is 25.7. The number of rotatable bonds is 4. The van der Waals surface area contributed by atoms with E-state index in [0.717, 1.165) is 13.7 Å². The fourth-order valence-corrected chi connectivity index (χ4v) is 6.71. The fraction of sp³-hybridized carbons (Fsp3) is 0. The van der Waals surface area contributed by atoms with Crippen molar-refractivity contribution in [2.45, 2.75) is 0 Å². The van der Waals surface area contributed by atoms with Crippen molar-refractivity contribution in [3.05, 3.63) is 187 Å². The first-order valence-corrected chi connectivity index (χ1v) is 15.3. The lowest BCUT2D eigenvalue weighted by atomic mass is 10.0. The summed E-state index contributed by atoms with van der Waals surface area (Å²) in [6.07, 6.45) is 0. The predicted octanol–water partition coefficient (Wildman–Crippen LogP) is 12.6. The number of benzene rings is 8. The van der Waals surface area contributed by atoms with E-state index in [1.165, 1.54) is 24.3 Å². The number of para-hydroxylation sites is 6. The molecule has 0 unspecified atom stereocenters. The van der Waals surface area contributed by atoms with Crippen LogP contribution < -0.4 is 0 Å². The monoisotopic (exact) mass is 676 g/mol. The van der Waals surface area contributed by atoms with E-state index in [-0.39, 0.29) is 11.3 Å². The van der Waals surface area contributed by atoms with Crippen molar-refractivity contribution in [1.82, 2.24) is 13.7 Å². The van der Waals surface area contributed by atoms with Gasteiger partial charge < -0.3 is 13.7 Å². The molecule has 0 saturated heterocycles. The van der Waals surface area contributed by atoms with Gasteiger partial charge in [-0.25, -0.2) is 0 Å². The maximum atomic E-state index is 10.1. The molecule has 11 rings (SSSR count). The van der Waals surface area contributed by atoms with E-state index < -0.39 is 246 Å². The Morgan fingerprint density at radius 3 is 1.55 bits per heavy atom. The second kappa shape index (κ2) is 10.8. The molecule has 3 heteroatoms. The van der Waals surface area contributed by atoms with Gasteiger partial charge in [0.15, 0.2) is 0 Å². The Morgan fingerprint density at radius 1 is 0.353 bits per heavy atom. The third kappa shape index (κ3) is 4.00. The normalized spacial score (nSPS) is 19.3. The number of hydrogen-bond donors (Lipinski definition) is 0. The molecule has 0 bridgehead atoms.